The van der Waals surface area contributed by atoms with Gasteiger partial charge in [-0.25, -0.2) is 4.79 Å². The second-order valence-electron chi connectivity index (χ2n) is 3.10. The van der Waals surface area contributed by atoms with Crippen LogP contribution in [-0.4, -0.2) is 18.4 Å². The molecule has 0 aliphatic rings. The predicted molar refractivity (Wildman–Crippen MR) is 49.9 cm³/mol. The summed E-state index contributed by atoms with van der Waals surface area (Å²) >= 11 is 0. The molecule has 0 saturated heterocycles. The number of amides is 1. The molecule has 5 nitrogen and oxygen atoms in total. The van der Waals surface area contributed by atoms with Gasteiger partial charge in [0.05, 0.1) is 18.8 Å². The maximum atomic E-state index is 11.0. The van der Waals surface area contributed by atoms with E-state index in [0.29, 0.717) is 5.76 Å². The lowest BCUT2D eigenvalue weighted by Crippen LogP contribution is -2.26. The Morgan fingerprint density at radius 2 is 2.21 bits per heavy atom. The van der Waals surface area contributed by atoms with Gasteiger partial charge in [-0.05, 0) is 20.8 Å². The van der Waals surface area contributed by atoms with Crippen LogP contribution in [0.1, 0.15) is 30.0 Å². The number of methoxy groups -OCH3 is 1. The topological polar surface area (TPSA) is 64.4 Å². The molecule has 0 saturated carbocycles. The summed E-state index contributed by atoms with van der Waals surface area (Å²) in [6, 6.07) is -0.159. The van der Waals surface area contributed by atoms with Crippen molar-refractivity contribution in [2.45, 2.75) is 26.8 Å². The van der Waals surface area contributed by atoms with Gasteiger partial charge in [0.15, 0.2) is 0 Å². The fourth-order valence-corrected chi connectivity index (χ4v) is 1.42. The first-order valence-corrected chi connectivity index (χ1v) is 4.33. The number of hydrogen-bond donors (Lipinski definition) is 1. The van der Waals surface area contributed by atoms with Gasteiger partial charge in [0, 0.05) is 5.56 Å². The van der Waals surface area contributed by atoms with Crippen molar-refractivity contribution in [2.75, 3.05) is 7.11 Å². The van der Waals surface area contributed by atoms with Crippen LogP contribution < -0.4 is 5.32 Å². The summed E-state index contributed by atoms with van der Waals surface area (Å²) in [6.45, 7) is 5.50. The Balaban J connectivity index is 2.78. The molecule has 1 amide bonds. The molecule has 1 unspecified atom stereocenters. The Morgan fingerprint density at radius 1 is 1.57 bits per heavy atom. The maximum absolute atomic E-state index is 11.0. The molecule has 0 radical (unpaired) electrons. The average molecular weight is 198 g/mol. The molecule has 0 aliphatic heterocycles. The van der Waals surface area contributed by atoms with Crippen LogP contribution >= 0.6 is 0 Å². The molecular weight excluding hydrogens is 184 g/mol. The van der Waals surface area contributed by atoms with E-state index in [1.165, 1.54) is 7.11 Å². The van der Waals surface area contributed by atoms with Crippen LogP contribution in [0.2, 0.25) is 0 Å². The summed E-state index contributed by atoms with van der Waals surface area (Å²) in [5.41, 5.74) is 1.68. The van der Waals surface area contributed by atoms with E-state index in [2.05, 4.69) is 15.2 Å². The summed E-state index contributed by atoms with van der Waals surface area (Å²) in [7, 11) is 1.33. The van der Waals surface area contributed by atoms with E-state index in [0.717, 1.165) is 11.3 Å². The van der Waals surface area contributed by atoms with Crippen molar-refractivity contribution in [3.05, 3.63) is 17.0 Å². The third-order valence-corrected chi connectivity index (χ3v) is 2.04. The van der Waals surface area contributed by atoms with Crippen molar-refractivity contribution in [1.82, 2.24) is 10.5 Å². The Kier molecular flexibility index (Phi) is 3.11. The Morgan fingerprint density at radius 3 is 2.64 bits per heavy atom. The lowest BCUT2D eigenvalue weighted by Gasteiger charge is -2.11. The zero-order valence-corrected chi connectivity index (χ0v) is 8.75. The van der Waals surface area contributed by atoms with Crippen LogP contribution in [0, 0.1) is 13.8 Å². The van der Waals surface area contributed by atoms with E-state index in [1.807, 2.05) is 20.8 Å². The Hall–Kier alpha value is -1.52. The van der Waals surface area contributed by atoms with Crippen LogP contribution in [0.5, 0.6) is 0 Å². The minimum atomic E-state index is -0.461. The summed E-state index contributed by atoms with van der Waals surface area (Å²) in [5, 5.41) is 6.46. The van der Waals surface area contributed by atoms with Gasteiger partial charge in [-0.15, -0.1) is 0 Å². The molecule has 0 fully saturated rings. The van der Waals surface area contributed by atoms with Crippen LogP contribution in [0.15, 0.2) is 4.52 Å². The standard InChI is InChI=1S/C9H14N2O3/c1-5(10-9(12)13-4)8-6(2)11-14-7(8)3/h5H,1-4H3,(H,10,12). The summed E-state index contributed by atoms with van der Waals surface area (Å²) in [6.07, 6.45) is -0.461. The molecule has 1 atom stereocenters. The number of carbonyl (C=O) groups is 1. The molecule has 0 aliphatic carbocycles. The third-order valence-electron chi connectivity index (χ3n) is 2.04. The van der Waals surface area contributed by atoms with E-state index in [-0.39, 0.29) is 6.04 Å². The molecule has 14 heavy (non-hydrogen) atoms. The lowest BCUT2D eigenvalue weighted by molar-refractivity contribution is 0.167. The van der Waals surface area contributed by atoms with Crippen molar-refractivity contribution in [1.29, 1.82) is 0 Å². The molecule has 1 heterocycles. The average Bonchev–Trinajstić information content (AvgIpc) is 2.46. The van der Waals surface area contributed by atoms with Gasteiger partial charge in [0.1, 0.15) is 5.76 Å². The number of nitrogens with zero attached hydrogens (tertiary/aromatic N) is 1. The fraction of sp³-hybridized carbons (Fsp3) is 0.556. The minimum Gasteiger partial charge on any atom is -0.453 e. The summed E-state index contributed by atoms with van der Waals surface area (Å²) in [5.74, 6) is 0.714. The van der Waals surface area contributed by atoms with Crippen molar-refractivity contribution in [3.63, 3.8) is 0 Å². The van der Waals surface area contributed by atoms with E-state index in [4.69, 9.17) is 4.52 Å². The number of ether oxygens (including phenoxy) is 1. The largest absolute Gasteiger partial charge is 0.453 e. The number of nitrogens with one attached hydrogen (secondary N) is 1. The van der Waals surface area contributed by atoms with Gasteiger partial charge in [0.2, 0.25) is 0 Å². The van der Waals surface area contributed by atoms with Gasteiger partial charge < -0.3 is 14.6 Å². The van der Waals surface area contributed by atoms with Gasteiger partial charge in [-0.2, -0.15) is 0 Å². The fourth-order valence-electron chi connectivity index (χ4n) is 1.42. The van der Waals surface area contributed by atoms with Crippen LogP contribution in [-0.2, 0) is 4.74 Å². The van der Waals surface area contributed by atoms with E-state index in [9.17, 15) is 4.79 Å². The van der Waals surface area contributed by atoms with Crippen LogP contribution in [0.4, 0.5) is 4.79 Å². The zero-order valence-electron chi connectivity index (χ0n) is 8.75. The van der Waals surface area contributed by atoms with Crippen LogP contribution in [0.25, 0.3) is 0 Å². The highest BCUT2D eigenvalue weighted by molar-refractivity contribution is 5.67. The quantitative estimate of drug-likeness (QED) is 0.785. The van der Waals surface area contributed by atoms with Gasteiger partial charge in [-0.1, -0.05) is 5.16 Å². The zero-order chi connectivity index (χ0) is 10.7. The Bertz CT molecular complexity index is 313. The molecule has 0 aromatic carbocycles. The Labute approximate surface area is 82.4 Å². The maximum Gasteiger partial charge on any atom is 0.407 e. The monoisotopic (exact) mass is 198 g/mol. The van der Waals surface area contributed by atoms with Gasteiger partial charge in [0.25, 0.3) is 0 Å². The van der Waals surface area contributed by atoms with Gasteiger partial charge in [-0.3, -0.25) is 0 Å². The third kappa shape index (κ3) is 2.04. The normalized spacial score (nSPS) is 12.3. The molecule has 0 spiro atoms. The minimum absolute atomic E-state index is 0.159. The number of carbonyl (C=O) groups excluding carboxylic acids is 1. The molecule has 5 heteroatoms. The first kappa shape index (κ1) is 10.6. The molecule has 0 bridgehead atoms. The molecule has 1 aromatic rings. The highest BCUT2D eigenvalue weighted by Crippen LogP contribution is 2.20. The molecule has 1 aromatic heterocycles. The molecular formula is C9H14N2O3. The van der Waals surface area contributed by atoms with Crippen molar-refractivity contribution in [2.24, 2.45) is 0 Å². The summed E-state index contributed by atoms with van der Waals surface area (Å²) in [4.78, 5) is 11.0. The lowest BCUT2D eigenvalue weighted by atomic mass is 10.1. The van der Waals surface area contributed by atoms with Gasteiger partial charge >= 0.3 is 6.09 Å². The summed E-state index contributed by atoms with van der Waals surface area (Å²) < 4.78 is 9.49. The van der Waals surface area contributed by atoms with Crippen molar-refractivity contribution >= 4 is 6.09 Å². The molecule has 1 rings (SSSR count). The highest BCUT2D eigenvalue weighted by atomic mass is 16.5. The second-order valence-corrected chi connectivity index (χ2v) is 3.10. The first-order chi connectivity index (χ1) is 6.56. The van der Waals surface area contributed by atoms with Crippen molar-refractivity contribution < 1.29 is 14.1 Å². The first-order valence-electron chi connectivity index (χ1n) is 4.33. The molecule has 1 N–H and O–H groups in total. The molecule has 78 valence electrons. The second kappa shape index (κ2) is 4.13. The smallest absolute Gasteiger partial charge is 0.407 e. The number of aromatic nitrogens is 1. The van der Waals surface area contributed by atoms with E-state index >= 15 is 0 Å². The van der Waals surface area contributed by atoms with Crippen LogP contribution in [0.3, 0.4) is 0 Å². The number of aryl methyl sites for hydroxylation is 2. The van der Waals surface area contributed by atoms with Crippen molar-refractivity contribution in [3.8, 4) is 0 Å². The number of alkyl carbamates (subject to hydrolysis) is 1. The van der Waals surface area contributed by atoms with E-state index in [1.54, 1.807) is 0 Å². The number of rotatable bonds is 2. The highest BCUT2D eigenvalue weighted by Gasteiger charge is 2.17. The van der Waals surface area contributed by atoms with E-state index < -0.39 is 6.09 Å². The predicted octanol–water partition coefficient (Wildman–Crippen LogP) is 1.71. The SMILES string of the molecule is COC(=O)NC(C)c1c(C)noc1C. The number of hydrogen-bond acceptors (Lipinski definition) is 4.